The van der Waals surface area contributed by atoms with Crippen LogP contribution in [-0.2, 0) is 4.79 Å². The van der Waals surface area contributed by atoms with Gasteiger partial charge in [0.2, 0.25) is 5.24 Å². The summed E-state index contributed by atoms with van der Waals surface area (Å²) in [5, 5.41) is -0.179. The second-order valence-electron chi connectivity index (χ2n) is 3.51. The van der Waals surface area contributed by atoms with Crippen molar-refractivity contribution < 1.29 is 4.79 Å². The zero-order chi connectivity index (χ0) is 8.97. The minimum atomic E-state index is -0.179. The molecule has 12 heavy (non-hydrogen) atoms. The Balaban J connectivity index is 2.24. The van der Waals surface area contributed by atoms with E-state index in [-0.39, 0.29) is 9.17 Å². The number of halogens is 2. The molecular weight excluding hydrogens is 286 g/mol. The van der Waals surface area contributed by atoms with E-state index in [1.807, 2.05) is 0 Å². The molecule has 1 atom stereocenters. The van der Waals surface area contributed by atoms with Crippen LogP contribution in [0.25, 0.3) is 0 Å². The van der Waals surface area contributed by atoms with Crippen molar-refractivity contribution in [2.45, 2.75) is 42.4 Å². The Labute approximate surface area is 92.4 Å². The highest BCUT2D eigenvalue weighted by Crippen LogP contribution is 2.29. The lowest BCUT2D eigenvalue weighted by molar-refractivity contribution is -0.111. The molecule has 0 saturated heterocycles. The Kier molecular flexibility index (Phi) is 4.87. The Hall–Kier alpha value is 0.690. The van der Waals surface area contributed by atoms with E-state index in [0.29, 0.717) is 0 Å². The van der Waals surface area contributed by atoms with Gasteiger partial charge in [0.15, 0.2) is 0 Å². The highest BCUT2D eigenvalue weighted by molar-refractivity contribution is 14.1. The van der Waals surface area contributed by atoms with Gasteiger partial charge in [0.1, 0.15) is 0 Å². The van der Waals surface area contributed by atoms with E-state index in [4.69, 9.17) is 11.6 Å². The molecule has 1 fully saturated rings. The van der Waals surface area contributed by atoms with Gasteiger partial charge in [0.25, 0.3) is 0 Å². The minimum absolute atomic E-state index is 0.0346. The first kappa shape index (κ1) is 10.8. The lowest BCUT2D eigenvalue weighted by Gasteiger charge is -2.22. The average molecular weight is 301 g/mol. The minimum Gasteiger partial charge on any atom is -0.280 e. The maximum Gasteiger partial charge on any atom is 0.234 e. The first-order chi connectivity index (χ1) is 5.70. The monoisotopic (exact) mass is 300 g/mol. The van der Waals surface area contributed by atoms with Crippen molar-refractivity contribution in [3.63, 3.8) is 0 Å². The van der Waals surface area contributed by atoms with Crippen LogP contribution in [0.4, 0.5) is 0 Å². The van der Waals surface area contributed by atoms with Crippen molar-refractivity contribution >= 4 is 39.4 Å². The molecular formula is C9H14ClIO. The summed E-state index contributed by atoms with van der Waals surface area (Å²) in [5.41, 5.74) is 0. The summed E-state index contributed by atoms with van der Waals surface area (Å²) in [4.78, 5) is 10.8. The van der Waals surface area contributed by atoms with Crippen LogP contribution < -0.4 is 0 Å². The van der Waals surface area contributed by atoms with Crippen LogP contribution in [0.1, 0.15) is 38.5 Å². The second-order valence-corrected chi connectivity index (χ2v) is 5.39. The van der Waals surface area contributed by atoms with Gasteiger partial charge in [-0.1, -0.05) is 54.7 Å². The van der Waals surface area contributed by atoms with Gasteiger partial charge < -0.3 is 0 Å². The van der Waals surface area contributed by atoms with Crippen molar-refractivity contribution in [2.24, 2.45) is 5.92 Å². The standard InChI is InChI=1S/C9H14ClIO/c10-9(12)8(11)6-7-4-2-1-3-5-7/h7-8H,1-6H2. The van der Waals surface area contributed by atoms with Crippen LogP contribution in [0.15, 0.2) is 0 Å². The summed E-state index contributed by atoms with van der Waals surface area (Å²) >= 11 is 7.55. The smallest absolute Gasteiger partial charge is 0.234 e. The Morgan fingerprint density at radius 2 is 2.00 bits per heavy atom. The summed E-state index contributed by atoms with van der Waals surface area (Å²) in [7, 11) is 0. The fraction of sp³-hybridized carbons (Fsp3) is 0.889. The van der Waals surface area contributed by atoms with Gasteiger partial charge in [0, 0.05) is 0 Å². The van der Waals surface area contributed by atoms with Crippen molar-refractivity contribution in [1.82, 2.24) is 0 Å². The van der Waals surface area contributed by atoms with Gasteiger partial charge in [-0.15, -0.1) is 0 Å². The Morgan fingerprint density at radius 3 is 2.50 bits per heavy atom. The summed E-state index contributed by atoms with van der Waals surface area (Å²) in [6.45, 7) is 0. The first-order valence-electron chi connectivity index (χ1n) is 4.53. The van der Waals surface area contributed by atoms with Crippen molar-refractivity contribution in [3.05, 3.63) is 0 Å². The van der Waals surface area contributed by atoms with Crippen LogP contribution >= 0.6 is 34.2 Å². The van der Waals surface area contributed by atoms with Crippen molar-refractivity contribution in [3.8, 4) is 0 Å². The highest BCUT2D eigenvalue weighted by Gasteiger charge is 2.20. The molecule has 3 heteroatoms. The summed E-state index contributed by atoms with van der Waals surface area (Å²) in [6, 6.07) is 0. The molecule has 0 aromatic carbocycles. The zero-order valence-corrected chi connectivity index (χ0v) is 9.97. The maximum absolute atomic E-state index is 10.8. The summed E-state index contributed by atoms with van der Waals surface area (Å²) in [5.74, 6) is 0.753. The number of hydrogen-bond acceptors (Lipinski definition) is 1. The molecule has 0 heterocycles. The highest BCUT2D eigenvalue weighted by atomic mass is 127. The quantitative estimate of drug-likeness (QED) is 0.443. The van der Waals surface area contributed by atoms with E-state index in [9.17, 15) is 4.79 Å². The number of alkyl halides is 1. The number of carbonyl (C=O) groups is 1. The zero-order valence-electron chi connectivity index (χ0n) is 7.06. The third-order valence-corrected chi connectivity index (χ3v) is 4.22. The molecule has 0 radical (unpaired) electrons. The van der Waals surface area contributed by atoms with E-state index in [1.165, 1.54) is 32.1 Å². The molecule has 1 nitrogen and oxygen atoms in total. The molecule has 1 rings (SSSR count). The molecule has 1 aliphatic carbocycles. The van der Waals surface area contributed by atoms with Crippen LogP contribution in [0.2, 0.25) is 0 Å². The molecule has 0 bridgehead atoms. The summed E-state index contributed by atoms with van der Waals surface area (Å²) in [6.07, 6.45) is 7.63. The van der Waals surface area contributed by atoms with E-state index in [0.717, 1.165) is 12.3 Å². The van der Waals surface area contributed by atoms with Gasteiger partial charge in [-0.2, -0.15) is 0 Å². The van der Waals surface area contributed by atoms with Gasteiger partial charge >= 0.3 is 0 Å². The average Bonchev–Trinajstić information content (AvgIpc) is 2.06. The molecule has 0 aromatic heterocycles. The molecule has 0 spiro atoms. The SMILES string of the molecule is O=C(Cl)C(I)CC1CCCCC1. The molecule has 1 saturated carbocycles. The second kappa shape index (κ2) is 5.43. The first-order valence-corrected chi connectivity index (χ1v) is 6.16. The molecule has 1 aliphatic rings. The van der Waals surface area contributed by atoms with E-state index < -0.39 is 0 Å². The largest absolute Gasteiger partial charge is 0.280 e. The van der Waals surface area contributed by atoms with Gasteiger partial charge in [0.05, 0.1) is 3.92 Å². The summed E-state index contributed by atoms with van der Waals surface area (Å²) < 4.78 is 0.0346. The van der Waals surface area contributed by atoms with Crippen molar-refractivity contribution in [2.75, 3.05) is 0 Å². The number of rotatable bonds is 3. The lowest BCUT2D eigenvalue weighted by atomic mass is 9.86. The van der Waals surface area contributed by atoms with Crippen LogP contribution in [-0.4, -0.2) is 9.17 Å². The Bertz CT molecular complexity index is 155. The predicted octanol–water partition coefficient (Wildman–Crippen LogP) is 3.53. The normalized spacial score (nSPS) is 22.2. The lowest BCUT2D eigenvalue weighted by Crippen LogP contribution is -2.15. The fourth-order valence-electron chi connectivity index (χ4n) is 1.81. The van der Waals surface area contributed by atoms with Crippen LogP contribution in [0.5, 0.6) is 0 Å². The van der Waals surface area contributed by atoms with Gasteiger partial charge in [-0.05, 0) is 23.9 Å². The van der Waals surface area contributed by atoms with Gasteiger partial charge in [-0.25, -0.2) is 0 Å². The van der Waals surface area contributed by atoms with Crippen LogP contribution in [0.3, 0.4) is 0 Å². The third-order valence-electron chi connectivity index (χ3n) is 2.51. The molecule has 0 amide bonds. The molecule has 0 aromatic rings. The number of hydrogen-bond donors (Lipinski definition) is 0. The maximum atomic E-state index is 10.8. The van der Waals surface area contributed by atoms with E-state index >= 15 is 0 Å². The predicted molar refractivity (Wildman–Crippen MR) is 59.9 cm³/mol. The van der Waals surface area contributed by atoms with Gasteiger partial charge in [-0.3, -0.25) is 4.79 Å². The number of carbonyl (C=O) groups excluding carboxylic acids is 1. The molecule has 70 valence electrons. The van der Waals surface area contributed by atoms with Crippen LogP contribution in [0, 0.1) is 5.92 Å². The Morgan fingerprint density at radius 1 is 1.42 bits per heavy atom. The topological polar surface area (TPSA) is 17.1 Å². The molecule has 0 N–H and O–H groups in total. The van der Waals surface area contributed by atoms with E-state index in [2.05, 4.69) is 22.6 Å². The fourth-order valence-corrected chi connectivity index (χ4v) is 2.62. The molecule has 1 unspecified atom stereocenters. The van der Waals surface area contributed by atoms with Crippen molar-refractivity contribution in [1.29, 1.82) is 0 Å². The van der Waals surface area contributed by atoms with E-state index in [1.54, 1.807) is 0 Å². The molecule has 0 aliphatic heterocycles. The third kappa shape index (κ3) is 3.60.